The third kappa shape index (κ3) is 1.94. The Kier molecular flexibility index (Phi) is 2.42. The number of benzene rings is 1. The van der Waals surface area contributed by atoms with Crippen molar-refractivity contribution in [2.75, 3.05) is 0 Å². The van der Waals surface area contributed by atoms with Gasteiger partial charge in [-0.3, -0.25) is 0 Å². The first-order valence-corrected chi connectivity index (χ1v) is 5.41. The van der Waals surface area contributed by atoms with Crippen LogP contribution in [0.2, 0.25) is 5.28 Å². The van der Waals surface area contributed by atoms with Gasteiger partial charge in [0.1, 0.15) is 5.52 Å². The fraction of sp³-hybridized carbons (Fsp3) is 0. The van der Waals surface area contributed by atoms with Gasteiger partial charge >= 0.3 is 0 Å². The van der Waals surface area contributed by atoms with Gasteiger partial charge in [-0.1, -0.05) is 30.3 Å². The molecule has 4 nitrogen and oxygen atoms in total. The Balaban J connectivity index is 2.19. The predicted octanol–water partition coefficient (Wildman–Crippen LogP) is 2.74. The number of hydrogen-bond acceptors (Lipinski definition) is 4. The van der Waals surface area contributed by atoms with Gasteiger partial charge in [0.25, 0.3) is 0 Å². The summed E-state index contributed by atoms with van der Waals surface area (Å²) in [4.78, 5) is 16.6. The molecule has 0 radical (unpaired) electrons. The van der Waals surface area contributed by atoms with Crippen molar-refractivity contribution in [3.05, 3.63) is 48.0 Å². The van der Waals surface area contributed by atoms with Crippen molar-refractivity contribution in [2.24, 2.45) is 0 Å². The van der Waals surface area contributed by atoms with Gasteiger partial charge in [-0.05, 0) is 11.6 Å². The summed E-state index contributed by atoms with van der Waals surface area (Å²) in [6.45, 7) is 0. The Hall–Kier alpha value is -2.07. The molecule has 0 amide bonds. The molecular weight excluding hydrogens is 236 g/mol. The lowest BCUT2D eigenvalue weighted by atomic mass is 10.2. The quantitative estimate of drug-likeness (QED) is 0.616. The Labute approximate surface area is 102 Å². The Morgan fingerprint density at radius 1 is 0.882 bits per heavy atom. The fourth-order valence-corrected chi connectivity index (χ4v) is 1.67. The summed E-state index contributed by atoms with van der Waals surface area (Å²) in [5, 5.41) is 0.178. The lowest BCUT2D eigenvalue weighted by Gasteiger charge is -2.01. The van der Waals surface area contributed by atoms with E-state index in [0.717, 1.165) is 11.3 Å². The molecule has 0 aliphatic heterocycles. The van der Waals surface area contributed by atoms with E-state index in [2.05, 4.69) is 19.9 Å². The van der Waals surface area contributed by atoms with Crippen LogP contribution in [-0.4, -0.2) is 19.9 Å². The second-order valence-corrected chi connectivity index (χ2v) is 3.81. The standard InChI is InChI=1S/C12H7ClN4/c13-12-15-7-10-11(17-12)16-9(6-14-10)8-4-2-1-3-5-8/h1-7H. The summed E-state index contributed by atoms with van der Waals surface area (Å²) in [5.74, 6) is 0. The minimum atomic E-state index is 0.178. The van der Waals surface area contributed by atoms with Gasteiger partial charge in [-0.15, -0.1) is 0 Å². The molecule has 0 fully saturated rings. The predicted molar refractivity (Wildman–Crippen MR) is 65.6 cm³/mol. The van der Waals surface area contributed by atoms with Gasteiger partial charge in [0.2, 0.25) is 5.28 Å². The molecule has 1 aromatic carbocycles. The van der Waals surface area contributed by atoms with Crippen LogP contribution in [0.5, 0.6) is 0 Å². The Morgan fingerprint density at radius 3 is 2.53 bits per heavy atom. The van der Waals surface area contributed by atoms with Crippen LogP contribution >= 0.6 is 11.6 Å². The van der Waals surface area contributed by atoms with E-state index < -0.39 is 0 Å². The SMILES string of the molecule is Clc1ncc2ncc(-c3ccccc3)nc2n1. The van der Waals surface area contributed by atoms with Gasteiger partial charge in [-0.2, -0.15) is 4.98 Å². The maximum atomic E-state index is 5.73. The summed E-state index contributed by atoms with van der Waals surface area (Å²) in [7, 11) is 0. The van der Waals surface area contributed by atoms with Crippen LogP contribution in [0.3, 0.4) is 0 Å². The summed E-state index contributed by atoms with van der Waals surface area (Å²) < 4.78 is 0. The molecule has 2 heterocycles. The zero-order valence-electron chi connectivity index (χ0n) is 8.71. The lowest BCUT2D eigenvalue weighted by Crippen LogP contribution is -1.92. The lowest BCUT2D eigenvalue weighted by molar-refractivity contribution is 1.15. The van der Waals surface area contributed by atoms with Crippen molar-refractivity contribution in [1.82, 2.24) is 19.9 Å². The normalized spacial score (nSPS) is 10.6. The van der Waals surface area contributed by atoms with E-state index in [9.17, 15) is 0 Å². The van der Waals surface area contributed by atoms with E-state index in [0.29, 0.717) is 11.2 Å². The number of hydrogen-bond donors (Lipinski definition) is 0. The molecule has 0 atom stereocenters. The minimum Gasteiger partial charge on any atom is -0.249 e. The topological polar surface area (TPSA) is 51.6 Å². The van der Waals surface area contributed by atoms with Crippen molar-refractivity contribution < 1.29 is 0 Å². The summed E-state index contributed by atoms with van der Waals surface area (Å²) in [5.41, 5.74) is 2.91. The monoisotopic (exact) mass is 242 g/mol. The van der Waals surface area contributed by atoms with Crippen LogP contribution in [-0.2, 0) is 0 Å². The summed E-state index contributed by atoms with van der Waals surface area (Å²) >= 11 is 5.73. The van der Waals surface area contributed by atoms with Crippen LogP contribution < -0.4 is 0 Å². The average Bonchev–Trinajstić information content (AvgIpc) is 2.39. The van der Waals surface area contributed by atoms with Crippen LogP contribution in [0.4, 0.5) is 0 Å². The number of rotatable bonds is 1. The number of fused-ring (bicyclic) bond motifs is 1. The van der Waals surface area contributed by atoms with Crippen LogP contribution in [0.25, 0.3) is 22.4 Å². The number of nitrogens with zero attached hydrogens (tertiary/aromatic N) is 4. The van der Waals surface area contributed by atoms with Gasteiger partial charge in [0.15, 0.2) is 5.65 Å². The molecule has 82 valence electrons. The highest BCUT2D eigenvalue weighted by atomic mass is 35.5. The largest absolute Gasteiger partial charge is 0.249 e. The maximum Gasteiger partial charge on any atom is 0.224 e. The second kappa shape index (κ2) is 4.07. The molecule has 0 aliphatic carbocycles. The van der Waals surface area contributed by atoms with Crippen LogP contribution in [0.1, 0.15) is 0 Å². The molecule has 0 N–H and O–H groups in total. The molecule has 3 rings (SSSR count). The highest BCUT2D eigenvalue weighted by molar-refractivity contribution is 6.28. The molecular formula is C12H7ClN4. The molecule has 0 saturated carbocycles. The first-order chi connectivity index (χ1) is 8.33. The minimum absolute atomic E-state index is 0.178. The molecule has 3 aromatic rings. The Morgan fingerprint density at radius 2 is 1.71 bits per heavy atom. The van der Waals surface area contributed by atoms with Gasteiger partial charge in [-0.25, -0.2) is 15.0 Å². The molecule has 0 unspecified atom stereocenters. The molecule has 0 spiro atoms. The van der Waals surface area contributed by atoms with Crippen molar-refractivity contribution >= 4 is 22.8 Å². The maximum absolute atomic E-state index is 5.73. The van der Waals surface area contributed by atoms with E-state index in [1.807, 2.05) is 30.3 Å². The summed E-state index contributed by atoms with van der Waals surface area (Å²) in [6.07, 6.45) is 3.27. The van der Waals surface area contributed by atoms with Crippen LogP contribution in [0.15, 0.2) is 42.7 Å². The molecule has 0 saturated heterocycles. The summed E-state index contributed by atoms with van der Waals surface area (Å²) in [6, 6.07) is 9.80. The fourth-order valence-electron chi connectivity index (χ4n) is 1.54. The highest BCUT2D eigenvalue weighted by Gasteiger charge is 2.04. The third-order valence-electron chi connectivity index (χ3n) is 2.34. The van der Waals surface area contributed by atoms with E-state index >= 15 is 0 Å². The average molecular weight is 243 g/mol. The molecule has 2 aromatic heterocycles. The Bertz CT molecular complexity index is 670. The van der Waals surface area contributed by atoms with Crippen molar-refractivity contribution in [3.63, 3.8) is 0 Å². The van der Waals surface area contributed by atoms with E-state index in [1.54, 1.807) is 12.4 Å². The van der Waals surface area contributed by atoms with Gasteiger partial charge in [0.05, 0.1) is 18.1 Å². The molecule has 5 heteroatoms. The zero-order chi connectivity index (χ0) is 11.7. The van der Waals surface area contributed by atoms with Crippen molar-refractivity contribution in [3.8, 4) is 11.3 Å². The van der Waals surface area contributed by atoms with Crippen molar-refractivity contribution in [1.29, 1.82) is 0 Å². The smallest absolute Gasteiger partial charge is 0.224 e. The van der Waals surface area contributed by atoms with Crippen molar-refractivity contribution in [2.45, 2.75) is 0 Å². The molecule has 0 aliphatic rings. The number of halogens is 1. The molecule has 0 bridgehead atoms. The first-order valence-electron chi connectivity index (χ1n) is 5.04. The first kappa shape index (κ1) is 10.1. The van der Waals surface area contributed by atoms with E-state index in [4.69, 9.17) is 11.6 Å². The van der Waals surface area contributed by atoms with Crippen LogP contribution in [0, 0.1) is 0 Å². The third-order valence-corrected chi connectivity index (χ3v) is 2.52. The molecule has 17 heavy (non-hydrogen) atoms. The number of aromatic nitrogens is 4. The highest BCUT2D eigenvalue weighted by Crippen LogP contribution is 2.17. The van der Waals surface area contributed by atoms with Gasteiger partial charge in [0, 0.05) is 5.56 Å². The second-order valence-electron chi connectivity index (χ2n) is 3.47. The van der Waals surface area contributed by atoms with Gasteiger partial charge < -0.3 is 0 Å². The van der Waals surface area contributed by atoms with E-state index in [-0.39, 0.29) is 5.28 Å². The van der Waals surface area contributed by atoms with E-state index in [1.165, 1.54) is 0 Å². The zero-order valence-corrected chi connectivity index (χ0v) is 9.46.